The van der Waals surface area contributed by atoms with Gasteiger partial charge in [-0.2, -0.15) is 9.78 Å². The van der Waals surface area contributed by atoms with Gasteiger partial charge in [-0.05, 0) is 46.5 Å². The van der Waals surface area contributed by atoms with Gasteiger partial charge in [-0.3, -0.25) is 0 Å². The number of anilines is 1. The summed E-state index contributed by atoms with van der Waals surface area (Å²) in [7, 11) is 0. The number of nitrogens with two attached hydrogens (primary N) is 1. The predicted octanol–water partition coefficient (Wildman–Crippen LogP) is 3.04. The highest BCUT2D eigenvalue weighted by Gasteiger charge is 2.17. The Morgan fingerprint density at radius 1 is 1.41 bits per heavy atom. The van der Waals surface area contributed by atoms with Crippen molar-refractivity contribution in [3.8, 4) is 5.82 Å². The van der Waals surface area contributed by atoms with Crippen LogP contribution < -0.4 is 5.73 Å². The molecule has 0 amide bonds. The van der Waals surface area contributed by atoms with Crippen LogP contribution in [0.25, 0.3) is 5.82 Å². The van der Waals surface area contributed by atoms with E-state index in [1.165, 1.54) is 0 Å². The molecule has 2 rings (SSSR count). The van der Waals surface area contributed by atoms with Crippen LogP contribution in [0.15, 0.2) is 22.8 Å². The molecular formula is C12H15BrN4. The molecule has 0 bridgehead atoms. The van der Waals surface area contributed by atoms with Crippen LogP contribution in [0.1, 0.15) is 31.0 Å². The molecule has 90 valence electrons. The number of rotatable bonds is 2. The highest BCUT2D eigenvalue weighted by molar-refractivity contribution is 9.10. The van der Waals surface area contributed by atoms with Crippen LogP contribution in [-0.4, -0.2) is 14.8 Å². The lowest BCUT2D eigenvalue weighted by atomic mass is 10.1. The van der Waals surface area contributed by atoms with E-state index in [-0.39, 0.29) is 0 Å². The third kappa shape index (κ3) is 2.20. The van der Waals surface area contributed by atoms with Crippen molar-refractivity contribution in [1.29, 1.82) is 0 Å². The Labute approximate surface area is 109 Å². The van der Waals surface area contributed by atoms with Crippen LogP contribution in [0.3, 0.4) is 0 Å². The lowest BCUT2D eigenvalue weighted by Gasteiger charge is -2.03. The average molecular weight is 295 g/mol. The van der Waals surface area contributed by atoms with E-state index in [9.17, 15) is 0 Å². The van der Waals surface area contributed by atoms with Crippen molar-refractivity contribution < 1.29 is 0 Å². The summed E-state index contributed by atoms with van der Waals surface area (Å²) in [6.45, 7) is 6.18. The number of aromatic nitrogens is 3. The maximum Gasteiger partial charge on any atom is 0.155 e. The summed E-state index contributed by atoms with van der Waals surface area (Å²) in [6.07, 6.45) is 1.76. The SMILES string of the molecule is Cc1ccnc(-n2nc(C(C)C)c(Br)c2N)c1. The molecule has 0 unspecified atom stereocenters. The molecule has 0 atom stereocenters. The molecule has 0 fully saturated rings. The van der Waals surface area contributed by atoms with Gasteiger partial charge < -0.3 is 5.73 Å². The second-order valence-corrected chi connectivity index (χ2v) is 5.14. The summed E-state index contributed by atoms with van der Waals surface area (Å²) < 4.78 is 2.53. The third-order valence-electron chi connectivity index (χ3n) is 2.55. The number of nitrogens with zero attached hydrogens (tertiary/aromatic N) is 3. The molecule has 0 radical (unpaired) electrons. The molecule has 0 saturated carbocycles. The summed E-state index contributed by atoms with van der Waals surface area (Å²) in [5, 5.41) is 4.50. The van der Waals surface area contributed by atoms with Gasteiger partial charge in [-0.1, -0.05) is 13.8 Å². The molecule has 0 aliphatic heterocycles. The minimum Gasteiger partial charge on any atom is -0.383 e. The lowest BCUT2D eigenvalue weighted by Crippen LogP contribution is -2.04. The molecule has 2 aromatic heterocycles. The molecule has 2 N–H and O–H groups in total. The fraction of sp³-hybridized carbons (Fsp3) is 0.333. The Hall–Kier alpha value is -1.36. The van der Waals surface area contributed by atoms with Crippen LogP contribution in [0.2, 0.25) is 0 Å². The lowest BCUT2D eigenvalue weighted by molar-refractivity contribution is 0.759. The second kappa shape index (κ2) is 4.49. The summed E-state index contributed by atoms with van der Waals surface area (Å²) in [5.41, 5.74) is 8.12. The molecule has 17 heavy (non-hydrogen) atoms. The van der Waals surface area contributed by atoms with Gasteiger partial charge in [-0.15, -0.1) is 0 Å². The summed E-state index contributed by atoms with van der Waals surface area (Å²) >= 11 is 3.48. The monoisotopic (exact) mass is 294 g/mol. The molecule has 4 nitrogen and oxygen atoms in total. The average Bonchev–Trinajstić information content (AvgIpc) is 2.56. The van der Waals surface area contributed by atoms with E-state index in [0.717, 1.165) is 21.5 Å². The van der Waals surface area contributed by atoms with Crippen LogP contribution >= 0.6 is 15.9 Å². The summed E-state index contributed by atoms with van der Waals surface area (Å²) in [6, 6.07) is 3.90. The highest BCUT2D eigenvalue weighted by Crippen LogP contribution is 2.30. The van der Waals surface area contributed by atoms with Crippen LogP contribution in [-0.2, 0) is 0 Å². The fourth-order valence-electron chi connectivity index (χ4n) is 1.61. The first kappa shape index (κ1) is 12.1. The van der Waals surface area contributed by atoms with Gasteiger partial charge in [0.05, 0.1) is 10.2 Å². The largest absolute Gasteiger partial charge is 0.383 e. The normalized spacial score (nSPS) is 11.1. The molecule has 5 heteroatoms. The van der Waals surface area contributed by atoms with Crippen molar-refractivity contribution in [2.45, 2.75) is 26.7 Å². The fourth-order valence-corrected chi connectivity index (χ4v) is 2.31. The number of hydrogen-bond acceptors (Lipinski definition) is 3. The topological polar surface area (TPSA) is 56.7 Å². The zero-order valence-electron chi connectivity index (χ0n) is 10.1. The van der Waals surface area contributed by atoms with Gasteiger partial charge in [0.2, 0.25) is 0 Å². The van der Waals surface area contributed by atoms with Gasteiger partial charge in [-0.25, -0.2) is 4.98 Å². The first-order valence-corrected chi connectivity index (χ1v) is 6.27. The van der Waals surface area contributed by atoms with E-state index in [4.69, 9.17) is 5.73 Å². The van der Waals surface area contributed by atoms with Crippen molar-refractivity contribution in [1.82, 2.24) is 14.8 Å². The zero-order valence-corrected chi connectivity index (χ0v) is 11.7. The van der Waals surface area contributed by atoms with Crippen LogP contribution in [0.5, 0.6) is 0 Å². The Bertz CT molecular complexity index is 545. The van der Waals surface area contributed by atoms with E-state index in [1.54, 1.807) is 10.9 Å². The Morgan fingerprint density at radius 3 is 2.65 bits per heavy atom. The molecule has 0 spiro atoms. The molecule has 2 heterocycles. The molecule has 0 aliphatic carbocycles. The Morgan fingerprint density at radius 2 is 2.12 bits per heavy atom. The van der Waals surface area contributed by atoms with Crippen molar-refractivity contribution in [2.75, 3.05) is 5.73 Å². The predicted molar refractivity (Wildman–Crippen MR) is 72.3 cm³/mol. The van der Waals surface area contributed by atoms with Crippen LogP contribution in [0, 0.1) is 6.92 Å². The first-order chi connectivity index (χ1) is 8.00. The van der Waals surface area contributed by atoms with Gasteiger partial charge >= 0.3 is 0 Å². The summed E-state index contributed by atoms with van der Waals surface area (Å²) in [5.74, 6) is 1.65. The Balaban J connectivity index is 2.57. The smallest absolute Gasteiger partial charge is 0.155 e. The molecule has 2 aromatic rings. The molecule has 0 aliphatic rings. The van der Waals surface area contributed by atoms with E-state index < -0.39 is 0 Å². The quantitative estimate of drug-likeness (QED) is 0.926. The number of aryl methyl sites for hydroxylation is 1. The summed E-state index contributed by atoms with van der Waals surface area (Å²) in [4.78, 5) is 4.28. The molecule has 0 aromatic carbocycles. The maximum atomic E-state index is 6.04. The molecule has 0 saturated heterocycles. The maximum absolute atomic E-state index is 6.04. The number of pyridine rings is 1. The van der Waals surface area contributed by atoms with Crippen LogP contribution in [0.4, 0.5) is 5.82 Å². The van der Waals surface area contributed by atoms with Crippen molar-refractivity contribution in [2.24, 2.45) is 0 Å². The third-order valence-corrected chi connectivity index (χ3v) is 3.36. The number of halogens is 1. The minimum absolute atomic E-state index is 0.317. The van der Waals surface area contributed by atoms with E-state index in [0.29, 0.717) is 11.7 Å². The minimum atomic E-state index is 0.317. The Kier molecular flexibility index (Phi) is 3.19. The van der Waals surface area contributed by atoms with E-state index in [2.05, 4.69) is 39.9 Å². The molecular weight excluding hydrogens is 280 g/mol. The highest BCUT2D eigenvalue weighted by atomic mass is 79.9. The zero-order chi connectivity index (χ0) is 12.6. The van der Waals surface area contributed by atoms with E-state index >= 15 is 0 Å². The van der Waals surface area contributed by atoms with Gasteiger partial charge in [0.1, 0.15) is 5.82 Å². The first-order valence-electron chi connectivity index (χ1n) is 5.47. The number of nitrogen functional groups attached to an aromatic ring is 1. The second-order valence-electron chi connectivity index (χ2n) is 4.34. The number of hydrogen-bond donors (Lipinski definition) is 1. The van der Waals surface area contributed by atoms with Gasteiger partial charge in [0.15, 0.2) is 5.82 Å². The van der Waals surface area contributed by atoms with Crippen molar-refractivity contribution in [3.05, 3.63) is 34.1 Å². The van der Waals surface area contributed by atoms with E-state index in [1.807, 2.05) is 19.1 Å². The standard InChI is InChI=1S/C12H15BrN4/c1-7(2)11-10(13)12(14)17(16-11)9-6-8(3)4-5-15-9/h4-7H,14H2,1-3H3. The van der Waals surface area contributed by atoms with Gasteiger partial charge in [0.25, 0.3) is 0 Å². The van der Waals surface area contributed by atoms with Crippen molar-refractivity contribution in [3.63, 3.8) is 0 Å². The van der Waals surface area contributed by atoms with Gasteiger partial charge in [0, 0.05) is 6.20 Å². The van der Waals surface area contributed by atoms with Crippen molar-refractivity contribution >= 4 is 21.7 Å².